The van der Waals surface area contributed by atoms with Crippen LogP contribution in [0.5, 0.6) is 34.5 Å². The van der Waals surface area contributed by atoms with Gasteiger partial charge in [-0.25, -0.2) is 26.8 Å². The van der Waals surface area contributed by atoms with Crippen molar-refractivity contribution in [3.05, 3.63) is 143 Å². The fraction of sp³-hybridized carbons (Fsp3) is 0.217. The van der Waals surface area contributed by atoms with Gasteiger partial charge in [0, 0.05) is 37.4 Å². The van der Waals surface area contributed by atoms with Crippen molar-refractivity contribution in [3.8, 4) is 34.5 Å². The highest BCUT2D eigenvalue weighted by molar-refractivity contribution is 7.89. The monoisotopic (exact) mass is 966 g/mol. The maximum Gasteiger partial charge on any atom is 0.241 e. The van der Waals surface area contributed by atoms with Crippen molar-refractivity contribution < 1.29 is 45.3 Å². The van der Waals surface area contributed by atoms with Gasteiger partial charge in [-0.1, -0.05) is 24.3 Å². The molecular weight excluding hydrogens is 925 g/mol. The maximum atomic E-state index is 13.5. The summed E-state index contributed by atoms with van der Waals surface area (Å²) >= 11 is 2.81. The zero-order valence-corrected chi connectivity index (χ0v) is 38.7. The smallest absolute Gasteiger partial charge is 0.241 e. The van der Waals surface area contributed by atoms with Crippen LogP contribution in [0.25, 0.3) is 20.4 Å². The lowest BCUT2D eigenvalue weighted by Gasteiger charge is -2.19. The number of hydrogen-bond acceptors (Lipinski definition) is 16. The van der Waals surface area contributed by atoms with Crippen LogP contribution in [0.2, 0.25) is 0 Å². The fourth-order valence-corrected chi connectivity index (χ4v) is 11.7. The molecule has 0 fully saturated rings. The lowest BCUT2D eigenvalue weighted by molar-refractivity contribution is 0.296. The van der Waals surface area contributed by atoms with Gasteiger partial charge in [0.25, 0.3) is 0 Å². The van der Waals surface area contributed by atoms with Crippen LogP contribution in [0.15, 0.2) is 131 Å². The molecule has 10 rings (SSSR count). The molecule has 2 aliphatic rings. The van der Waals surface area contributed by atoms with Gasteiger partial charge >= 0.3 is 0 Å². The molecule has 0 saturated carbocycles. The molecule has 0 spiro atoms. The van der Waals surface area contributed by atoms with Gasteiger partial charge in [0.2, 0.25) is 20.0 Å². The van der Waals surface area contributed by atoms with Crippen LogP contribution in [-0.2, 0) is 20.0 Å². The van der Waals surface area contributed by atoms with E-state index in [1.165, 1.54) is 61.2 Å². The zero-order chi connectivity index (χ0) is 45.7. The lowest BCUT2D eigenvalue weighted by atomic mass is 10.2. The predicted molar refractivity (Wildman–Crippen MR) is 249 cm³/mol. The largest absolute Gasteiger partial charge is 0.495 e. The van der Waals surface area contributed by atoms with E-state index < -0.39 is 32.1 Å². The Hall–Kier alpha value is -6.42. The fourth-order valence-electron chi connectivity index (χ4n) is 7.13. The molecular formula is C46H42N6O10S4. The Morgan fingerprint density at radius 1 is 0.530 bits per heavy atom. The Morgan fingerprint density at radius 3 is 1.35 bits per heavy atom. The first-order valence-electron chi connectivity index (χ1n) is 20.6. The van der Waals surface area contributed by atoms with Gasteiger partial charge in [-0.2, -0.15) is 9.44 Å². The highest BCUT2D eigenvalue weighted by atomic mass is 32.2. The molecule has 8 aromatic rings. The molecule has 340 valence electrons. The number of hydrogen-bond donors (Lipinski definition) is 2. The molecule has 0 amide bonds. The van der Waals surface area contributed by atoms with Crippen molar-refractivity contribution in [2.45, 2.75) is 34.7 Å². The Balaban J connectivity index is 0.000000166. The summed E-state index contributed by atoms with van der Waals surface area (Å²) in [6, 6.07) is 29.7. The first-order chi connectivity index (χ1) is 32.1. The summed E-state index contributed by atoms with van der Waals surface area (Å²) in [6.45, 7) is 1.97. The third-order valence-corrected chi connectivity index (χ3v) is 15.3. The molecule has 0 aliphatic carbocycles. The summed E-state index contributed by atoms with van der Waals surface area (Å²) in [6.07, 6.45) is 4.66. The van der Waals surface area contributed by atoms with Crippen molar-refractivity contribution in [1.29, 1.82) is 0 Å². The number of ether oxygens (including phenoxy) is 6. The minimum absolute atomic E-state index is 0.0627. The first-order valence-corrected chi connectivity index (χ1v) is 25.2. The van der Waals surface area contributed by atoms with Crippen molar-refractivity contribution in [2.75, 3.05) is 40.6 Å². The molecule has 6 heterocycles. The molecule has 2 aliphatic heterocycles. The second-order valence-corrected chi connectivity index (χ2v) is 20.2. The number of pyridine rings is 2. The van der Waals surface area contributed by atoms with E-state index in [0.29, 0.717) is 82.3 Å². The first kappa shape index (κ1) is 44.8. The molecule has 0 bridgehead atoms. The van der Waals surface area contributed by atoms with Crippen LogP contribution in [0, 0.1) is 0 Å². The number of benzene rings is 4. The van der Waals surface area contributed by atoms with Crippen LogP contribution in [0.4, 0.5) is 0 Å². The second kappa shape index (κ2) is 19.6. The van der Waals surface area contributed by atoms with E-state index in [-0.39, 0.29) is 9.79 Å². The van der Waals surface area contributed by atoms with E-state index in [0.717, 1.165) is 33.3 Å². The predicted octanol–water partition coefficient (Wildman–Crippen LogP) is 7.86. The quantitative estimate of drug-likeness (QED) is 0.120. The topological polar surface area (TPSA) is 199 Å². The highest BCUT2D eigenvalue weighted by Crippen LogP contribution is 2.38. The molecule has 0 radical (unpaired) electrons. The van der Waals surface area contributed by atoms with E-state index in [1.54, 1.807) is 48.8 Å². The number of fused-ring (bicyclic) bond motifs is 4. The van der Waals surface area contributed by atoms with Crippen molar-refractivity contribution in [2.24, 2.45) is 0 Å². The van der Waals surface area contributed by atoms with Gasteiger partial charge < -0.3 is 28.4 Å². The van der Waals surface area contributed by atoms with Crippen LogP contribution in [0.1, 0.15) is 46.3 Å². The van der Waals surface area contributed by atoms with Crippen molar-refractivity contribution >= 4 is 63.2 Å². The van der Waals surface area contributed by atoms with Gasteiger partial charge in [-0.3, -0.25) is 9.97 Å². The highest BCUT2D eigenvalue weighted by Gasteiger charge is 2.32. The molecule has 20 heteroatoms. The van der Waals surface area contributed by atoms with E-state index in [9.17, 15) is 16.8 Å². The van der Waals surface area contributed by atoms with Gasteiger partial charge in [-0.05, 0) is 72.8 Å². The van der Waals surface area contributed by atoms with Gasteiger partial charge in [0.1, 0.15) is 45.0 Å². The summed E-state index contributed by atoms with van der Waals surface area (Å²) < 4.78 is 94.9. The number of methoxy groups -OCH3 is 2. The second-order valence-electron chi connectivity index (χ2n) is 14.6. The Kier molecular flexibility index (Phi) is 13.3. The zero-order valence-electron chi connectivity index (χ0n) is 35.4. The number of nitrogens with zero attached hydrogens (tertiary/aromatic N) is 4. The molecule has 2 N–H and O–H groups in total. The average molecular weight is 967 g/mol. The third-order valence-electron chi connectivity index (χ3n) is 10.3. The number of aromatic nitrogens is 4. The third kappa shape index (κ3) is 9.74. The van der Waals surface area contributed by atoms with Crippen LogP contribution in [0.3, 0.4) is 0 Å². The normalized spacial score (nSPS) is 14.6. The standard InChI is InChI=1S/2C23H21N3O5S2/c2*1-29-18-7-4-11-24-21(18)22(23-25-16-6-2-3-8-20(16)32-23)26-33(27,28)15-9-10-17-19(14-15)31-13-5-12-30-17/h2*2-4,6-11,14,22,26H,5,12-13H2,1H3/t2*22-/m10/s1. The molecule has 2 atom stereocenters. The van der Waals surface area contributed by atoms with E-state index >= 15 is 0 Å². The molecule has 0 saturated heterocycles. The van der Waals surface area contributed by atoms with Crippen LogP contribution < -0.4 is 37.9 Å². The molecule has 0 unspecified atom stereocenters. The van der Waals surface area contributed by atoms with Crippen LogP contribution in [-0.4, -0.2) is 77.4 Å². The number of sulfonamides is 2. The van der Waals surface area contributed by atoms with E-state index in [2.05, 4.69) is 29.4 Å². The number of rotatable bonds is 12. The number of nitrogens with one attached hydrogen (secondary N) is 2. The van der Waals surface area contributed by atoms with Gasteiger partial charge in [-0.15, -0.1) is 22.7 Å². The summed E-state index contributed by atoms with van der Waals surface area (Å²) in [7, 11) is -4.91. The maximum absolute atomic E-state index is 13.5. The molecule has 66 heavy (non-hydrogen) atoms. The Labute approximate surface area is 388 Å². The Bertz CT molecular complexity index is 2960. The van der Waals surface area contributed by atoms with E-state index in [4.69, 9.17) is 28.4 Å². The van der Waals surface area contributed by atoms with Gasteiger partial charge in [0.05, 0.1) is 70.9 Å². The number of thiazole rings is 2. The molecule has 4 aromatic carbocycles. The van der Waals surface area contributed by atoms with Crippen LogP contribution >= 0.6 is 22.7 Å². The summed E-state index contributed by atoms with van der Waals surface area (Å²) in [5.41, 5.74) is 2.42. The Morgan fingerprint density at radius 2 is 0.939 bits per heavy atom. The molecule has 4 aromatic heterocycles. The minimum Gasteiger partial charge on any atom is -0.495 e. The lowest BCUT2D eigenvalue weighted by Crippen LogP contribution is -2.30. The SMILES string of the molecule is COc1cccnc1[C@@H](NS(=O)(=O)c1ccc2c(c1)OCCCO2)c1nc2ccccc2s1.COc1cccnc1[C@H](NS(=O)(=O)c1ccc2c(c1)OCCCO2)c1nc2ccccc2s1. The van der Waals surface area contributed by atoms with Crippen molar-refractivity contribution in [1.82, 2.24) is 29.4 Å². The van der Waals surface area contributed by atoms with Gasteiger partial charge in [0.15, 0.2) is 23.0 Å². The average Bonchev–Trinajstić information content (AvgIpc) is 3.80. The van der Waals surface area contributed by atoms with E-state index in [1.807, 2.05) is 48.5 Å². The minimum atomic E-state index is -3.98. The van der Waals surface area contributed by atoms with Crippen molar-refractivity contribution in [3.63, 3.8) is 0 Å². The summed E-state index contributed by atoms with van der Waals surface area (Å²) in [4.78, 5) is 18.3. The summed E-state index contributed by atoms with van der Waals surface area (Å²) in [5, 5.41) is 1.12. The molecule has 16 nitrogen and oxygen atoms in total. The number of para-hydroxylation sites is 2. The summed E-state index contributed by atoms with van der Waals surface area (Å²) in [5.74, 6) is 2.79.